The highest BCUT2D eigenvalue weighted by atomic mass is 35.5. The molecule has 19 heavy (non-hydrogen) atoms. The lowest BCUT2D eigenvalue weighted by atomic mass is 10.2. The van der Waals surface area contributed by atoms with Crippen LogP contribution >= 0.6 is 11.6 Å². The first-order chi connectivity index (χ1) is 8.94. The summed E-state index contributed by atoms with van der Waals surface area (Å²) in [4.78, 5) is 2.17. The minimum Gasteiger partial charge on any atom is -0.369 e. The van der Waals surface area contributed by atoms with Gasteiger partial charge in [-0.15, -0.1) is 0 Å². The fourth-order valence-electron chi connectivity index (χ4n) is 2.19. The van der Waals surface area contributed by atoms with Crippen LogP contribution in [-0.4, -0.2) is 44.7 Å². The normalized spacial score (nSPS) is 17.7. The Hall–Kier alpha value is -0.780. The quantitative estimate of drug-likeness (QED) is 0.859. The van der Waals surface area contributed by atoms with E-state index in [-0.39, 0.29) is 5.75 Å². The van der Waals surface area contributed by atoms with Crippen molar-refractivity contribution in [2.45, 2.75) is 13.8 Å². The zero-order valence-corrected chi connectivity index (χ0v) is 12.8. The second kappa shape index (κ2) is 5.69. The molecule has 2 rings (SSSR count). The van der Waals surface area contributed by atoms with Crippen molar-refractivity contribution in [1.29, 1.82) is 0 Å². The summed E-state index contributed by atoms with van der Waals surface area (Å²) in [5.41, 5.74) is 2.11. The van der Waals surface area contributed by atoms with Crippen molar-refractivity contribution in [1.82, 2.24) is 4.31 Å². The summed E-state index contributed by atoms with van der Waals surface area (Å²) in [6, 6.07) is 5.97. The van der Waals surface area contributed by atoms with Crippen molar-refractivity contribution in [3.63, 3.8) is 0 Å². The van der Waals surface area contributed by atoms with Gasteiger partial charge in [-0.25, -0.2) is 8.42 Å². The summed E-state index contributed by atoms with van der Waals surface area (Å²) in [6.07, 6.45) is 0. The lowest BCUT2D eigenvalue weighted by Crippen LogP contribution is -2.49. The molecule has 1 aliphatic heterocycles. The van der Waals surface area contributed by atoms with Crippen molar-refractivity contribution >= 4 is 27.3 Å². The van der Waals surface area contributed by atoms with Gasteiger partial charge in [-0.2, -0.15) is 4.31 Å². The molecular weight excluding hydrogens is 284 g/mol. The van der Waals surface area contributed by atoms with E-state index in [2.05, 4.69) is 4.90 Å². The summed E-state index contributed by atoms with van der Waals surface area (Å²) in [5.74, 6) is 0.170. The van der Waals surface area contributed by atoms with Gasteiger partial charge in [-0.3, -0.25) is 0 Å². The molecule has 0 saturated carbocycles. The summed E-state index contributed by atoms with van der Waals surface area (Å²) in [5, 5.41) is 0.751. The third-order valence-electron chi connectivity index (χ3n) is 3.52. The molecule has 0 amide bonds. The number of hydrogen-bond donors (Lipinski definition) is 0. The number of nitrogens with zero attached hydrogens (tertiary/aromatic N) is 2. The lowest BCUT2D eigenvalue weighted by Gasteiger charge is -2.35. The molecule has 0 spiro atoms. The number of rotatable bonds is 3. The maximum atomic E-state index is 11.8. The molecule has 1 saturated heterocycles. The largest absolute Gasteiger partial charge is 0.369 e. The number of benzene rings is 1. The maximum Gasteiger partial charge on any atom is 0.213 e. The Kier molecular flexibility index (Phi) is 4.38. The molecule has 0 bridgehead atoms. The van der Waals surface area contributed by atoms with Crippen LogP contribution in [0.4, 0.5) is 5.69 Å². The van der Waals surface area contributed by atoms with Crippen LogP contribution in [0.2, 0.25) is 5.02 Å². The van der Waals surface area contributed by atoms with Gasteiger partial charge in [-0.1, -0.05) is 17.7 Å². The zero-order chi connectivity index (χ0) is 14.0. The first kappa shape index (κ1) is 14.6. The van der Waals surface area contributed by atoms with Crippen LogP contribution in [0.1, 0.15) is 12.5 Å². The van der Waals surface area contributed by atoms with Gasteiger partial charge >= 0.3 is 0 Å². The first-order valence-electron chi connectivity index (χ1n) is 6.43. The van der Waals surface area contributed by atoms with Crippen LogP contribution in [0.5, 0.6) is 0 Å². The molecular formula is C13H19ClN2O2S. The molecule has 0 aromatic heterocycles. The Morgan fingerprint density at radius 2 is 1.84 bits per heavy atom. The standard InChI is InChI=1S/C13H19ClN2O2S/c1-3-19(17,18)16-8-6-15(7-9-16)12-5-4-11(2)13(14)10-12/h4-5,10H,3,6-9H2,1-2H3. The number of hydrogen-bond acceptors (Lipinski definition) is 3. The van der Waals surface area contributed by atoms with Gasteiger partial charge in [-0.05, 0) is 31.5 Å². The molecule has 0 atom stereocenters. The molecule has 0 radical (unpaired) electrons. The molecule has 6 heteroatoms. The molecule has 106 valence electrons. The lowest BCUT2D eigenvalue weighted by molar-refractivity contribution is 0.385. The van der Waals surface area contributed by atoms with Crippen molar-refractivity contribution in [3.05, 3.63) is 28.8 Å². The van der Waals surface area contributed by atoms with E-state index in [1.807, 2.05) is 25.1 Å². The average Bonchev–Trinajstić information content (AvgIpc) is 2.42. The van der Waals surface area contributed by atoms with Gasteiger partial charge in [0.25, 0.3) is 0 Å². The fourth-order valence-corrected chi connectivity index (χ4v) is 3.45. The molecule has 1 fully saturated rings. The Labute approximate surface area is 120 Å². The molecule has 0 N–H and O–H groups in total. The van der Waals surface area contributed by atoms with E-state index in [0.29, 0.717) is 26.2 Å². The van der Waals surface area contributed by atoms with Crippen LogP contribution in [-0.2, 0) is 10.0 Å². The molecule has 1 heterocycles. The van der Waals surface area contributed by atoms with E-state index >= 15 is 0 Å². The highest BCUT2D eigenvalue weighted by molar-refractivity contribution is 7.89. The maximum absolute atomic E-state index is 11.8. The van der Waals surface area contributed by atoms with Gasteiger partial charge in [0.2, 0.25) is 10.0 Å². The predicted octanol–water partition coefficient (Wildman–Crippen LogP) is 2.12. The van der Waals surface area contributed by atoms with Crippen molar-refractivity contribution < 1.29 is 8.42 Å². The van der Waals surface area contributed by atoms with Gasteiger partial charge < -0.3 is 4.90 Å². The monoisotopic (exact) mass is 302 g/mol. The van der Waals surface area contributed by atoms with Gasteiger partial charge in [0.15, 0.2) is 0 Å². The van der Waals surface area contributed by atoms with E-state index in [1.54, 1.807) is 11.2 Å². The summed E-state index contributed by atoms with van der Waals surface area (Å²) in [6.45, 7) is 6.15. The van der Waals surface area contributed by atoms with Crippen LogP contribution in [0, 0.1) is 6.92 Å². The minimum absolute atomic E-state index is 0.170. The van der Waals surface area contributed by atoms with Gasteiger partial charge in [0.05, 0.1) is 5.75 Å². The third kappa shape index (κ3) is 3.22. The number of sulfonamides is 1. The van der Waals surface area contributed by atoms with E-state index < -0.39 is 10.0 Å². The first-order valence-corrected chi connectivity index (χ1v) is 8.41. The number of piperazine rings is 1. The number of halogens is 1. The Morgan fingerprint density at radius 3 is 2.37 bits per heavy atom. The average molecular weight is 303 g/mol. The van der Waals surface area contributed by atoms with Crippen molar-refractivity contribution in [2.75, 3.05) is 36.8 Å². The Bertz CT molecular complexity index is 552. The molecule has 0 aliphatic carbocycles. The second-order valence-corrected chi connectivity index (χ2v) is 7.38. The molecule has 1 aromatic rings. The summed E-state index contributed by atoms with van der Waals surface area (Å²) in [7, 11) is -3.06. The fraction of sp³-hybridized carbons (Fsp3) is 0.538. The minimum atomic E-state index is -3.06. The topological polar surface area (TPSA) is 40.6 Å². The summed E-state index contributed by atoms with van der Waals surface area (Å²) < 4.78 is 25.1. The van der Waals surface area contributed by atoms with Crippen LogP contribution in [0.3, 0.4) is 0 Å². The van der Waals surface area contributed by atoms with Crippen LogP contribution in [0.15, 0.2) is 18.2 Å². The number of aryl methyl sites for hydroxylation is 1. The smallest absolute Gasteiger partial charge is 0.213 e. The van der Waals surface area contributed by atoms with E-state index in [1.165, 1.54) is 0 Å². The van der Waals surface area contributed by atoms with Crippen LogP contribution in [0.25, 0.3) is 0 Å². The van der Waals surface area contributed by atoms with E-state index in [0.717, 1.165) is 16.3 Å². The van der Waals surface area contributed by atoms with Crippen molar-refractivity contribution in [2.24, 2.45) is 0 Å². The Balaban J connectivity index is 2.06. The second-order valence-electron chi connectivity index (χ2n) is 4.72. The molecule has 1 aliphatic rings. The number of anilines is 1. The van der Waals surface area contributed by atoms with Crippen LogP contribution < -0.4 is 4.90 Å². The Morgan fingerprint density at radius 1 is 1.21 bits per heavy atom. The summed E-state index contributed by atoms with van der Waals surface area (Å²) >= 11 is 6.12. The highest BCUT2D eigenvalue weighted by Gasteiger charge is 2.25. The SMILES string of the molecule is CCS(=O)(=O)N1CCN(c2ccc(C)c(Cl)c2)CC1. The zero-order valence-electron chi connectivity index (χ0n) is 11.3. The van der Waals surface area contributed by atoms with Gasteiger partial charge in [0, 0.05) is 36.9 Å². The highest BCUT2D eigenvalue weighted by Crippen LogP contribution is 2.24. The van der Waals surface area contributed by atoms with E-state index in [4.69, 9.17) is 11.6 Å². The molecule has 0 unspecified atom stereocenters. The molecule has 1 aromatic carbocycles. The van der Waals surface area contributed by atoms with Crippen molar-refractivity contribution in [3.8, 4) is 0 Å². The molecule has 4 nitrogen and oxygen atoms in total. The predicted molar refractivity (Wildman–Crippen MR) is 79.4 cm³/mol. The van der Waals surface area contributed by atoms with E-state index in [9.17, 15) is 8.42 Å². The third-order valence-corrected chi connectivity index (χ3v) is 5.81. The van der Waals surface area contributed by atoms with Gasteiger partial charge in [0.1, 0.15) is 0 Å².